The molecule has 2 rings (SSSR count). The highest BCUT2D eigenvalue weighted by Crippen LogP contribution is 2.30. The Morgan fingerprint density at radius 1 is 1.42 bits per heavy atom. The minimum Gasteiger partial charge on any atom is -0.497 e. The third-order valence-electron chi connectivity index (χ3n) is 3.38. The van der Waals surface area contributed by atoms with Crippen LogP contribution < -0.4 is 4.74 Å². The monoisotopic (exact) mass is 303 g/mol. The summed E-state index contributed by atoms with van der Waals surface area (Å²) in [6, 6.07) is 4.66. The van der Waals surface area contributed by atoms with E-state index in [4.69, 9.17) is 16.3 Å². The maximum Gasteiger partial charge on any atom is 0.244 e. The van der Waals surface area contributed by atoms with Gasteiger partial charge in [0.25, 0.3) is 0 Å². The van der Waals surface area contributed by atoms with Gasteiger partial charge in [0.1, 0.15) is 10.6 Å². The van der Waals surface area contributed by atoms with Crippen LogP contribution in [-0.4, -0.2) is 32.9 Å². The Morgan fingerprint density at radius 2 is 2.16 bits per heavy atom. The van der Waals surface area contributed by atoms with E-state index < -0.39 is 10.0 Å². The zero-order chi connectivity index (χ0) is 14.0. The van der Waals surface area contributed by atoms with Crippen molar-refractivity contribution in [2.45, 2.75) is 24.7 Å². The average molecular weight is 304 g/mol. The second-order valence-electron chi connectivity index (χ2n) is 4.91. The van der Waals surface area contributed by atoms with Crippen molar-refractivity contribution in [2.75, 3.05) is 20.2 Å². The summed E-state index contributed by atoms with van der Waals surface area (Å²) in [5, 5.41) is 0.206. The summed E-state index contributed by atoms with van der Waals surface area (Å²) in [6.45, 7) is 3.19. The SMILES string of the molecule is COc1ccc(S(=O)(=O)N2CCCC(C)C2)c(Cl)c1. The molecule has 1 aliphatic rings. The minimum atomic E-state index is -3.50. The largest absolute Gasteiger partial charge is 0.497 e. The maximum absolute atomic E-state index is 12.6. The third kappa shape index (κ3) is 3.04. The van der Waals surface area contributed by atoms with E-state index in [0.29, 0.717) is 24.8 Å². The first-order chi connectivity index (χ1) is 8.95. The normalized spacial score (nSPS) is 21.3. The Morgan fingerprint density at radius 3 is 2.74 bits per heavy atom. The van der Waals surface area contributed by atoms with E-state index in [-0.39, 0.29) is 9.92 Å². The van der Waals surface area contributed by atoms with Crippen molar-refractivity contribution >= 4 is 21.6 Å². The molecule has 1 saturated heterocycles. The first-order valence-electron chi connectivity index (χ1n) is 6.29. The smallest absolute Gasteiger partial charge is 0.244 e. The number of piperidine rings is 1. The fraction of sp³-hybridized carbons (Fsp3) is 0.538. The van der Waals surface area contributed by atoms with Crippen LogP contribution in [0.4, 0.5) is 0 Å². The van der Waals surface area contributed by atoms with Gasteiger partial charge in [-0.05, 0) is 30.9 Å². The zero-order valence-electron chi connectivity index (χ0n) is 11.1. The van der Waals surface area contributed by atoms with E-state index in [0.717, 1.165) is 12.8 Å². The van der Waals surface area contributed by atoms with Crippen LogP contribution in [0, 0.1) is 5.92 Å². The van der Waals surface area contributed by atoms with Crippen molar-refractivity contribution in [2.24, 2.45) is 5.92 Å². The van der Waals surface area contributed by atoms with E-state index in [1.54, 1.807) is 6.07 Å². The Hall–Kier alpha value is -0.780. The number of nitrogens with zero attached hydrogens (tertiary/aromatic N) is 1. The van der Waals surface area contributed by atoms with E-state index in [9.17, 15) is 8.42 Å². The minimum absolute atomic E-state index is 0.157. The first-order valence-corrected chi connectivity index (χ1v) is 8.10. The summed E-state index contributed by atoms with van der Waals surface area (Å²) >= 11 is 6.06. The van der Waals surface area contributed by atoms with Crippen LogP contribution in [0.15, 0.2) is 23.1 Å². The summed E-state index contributed by atoms with van der Waals surface area (Å²) in [4.78, 5) is 0.157. The van der Waals surface area contributed by atoms with Crippen molar-refractivity contribution < 1.29 is 13.2 Å². The Bertz CT molecular complexity index is 559. The quantitative estimate of drug-likeness (QED) is 0.862. The Labute approximate surface area is 119 Å². The van der Waals surface area contributed by atoms with Gasteiger partial charge in [-0.15, -0.1) is 0 Å². The molecular formula is C13H18ClNO3S. The van der Waals surface area contributed by atoms with Crippen molar-refractivity contribution in [1.82, 2.24) is 4.31 Å². The fourth-order valence-electron chi connectivity index (χ4n) is 2.32. The molecule has 1 unspecified atom stereocenters. The molecular weight excluding hydrogens is 286 g/mol. The van der Waals surface area contributed by atoms with Crippen molar-refractivity contribution in [1.29, 1.82) is 0 Å². The molecule has 0 aromatic heterocycles. The van der Waals surface area contributed by atoms with Gasteiger partial charge in [0.2, 0.25) is 10.0 Å². The first kappa shape index (κ1) is 14.6. The summed E-state index contributed by atoms with van der Waals surface area (Å²) in [5.41, 5.74) is 0. The molecule has 1 fully saturated rings. The summed E-state index contributed by atoms with van der Waals surface area (Å²) in [6.07, 6.45) is 1.97. The van der Waals surface area contributed by atoms with Gasteiger partial charge in [0.15, 0.2) is 0 Å². The van der Waals surface area contributed by atoms with Gasteiger partial charge in [-0.3, -0.25) is 0 Å². The zero-order valence-corrected chi connectivity index (χ0v) is 12.7. The molecule has 0 N–H and O–H groups in total. The lowest BCUT2D eigenvalue weighted by atomic mass is 10.0. The number of ether oxygens (including phenoxy) is 1. The number of methoxy groups -OCH3 is 1. The predicted molar refractivity (Wildman–Crippen MR) is 75.2 cm³/mol. The van der Waals surface area contributed by atoms with Crippen LogP contribution in [0.1, 0.15) is 19.8 Å². The molecule has 1 atom stereocenters. The fourth-order valence-corrected chi connectivity index (χ4v) is 4.43. The van der Waals surface area contributed by atoms with Gasteiger partial charge in [0.05, 0.1) is 12.1 Å². The molecule has 0 bridgehead atoms. The lowest BCUT2D eigenvalue weighted by Gasteiger charge is -2.30. The number of rotatable bonds is 3. The van der Waals surface area contributed by atoms with E-state index in [2.05, 4.69) is 6.92 Å². The van der Waals surface area contributed by atoms with Gasteiger partial charge >= 0.3 is 0 Å². The van der Waals surface area contributed by atoms with Crippen LogP contribution in [-0.2, 0) is 10.0 Å². The Kier molecular flexibility index (Phi) is 4.38. The van der Waals surface area contributed by atoms with Crippen LogP contribution in [0.3, 0.4) is 0 Å². The number of sulfonamides is 1. The Balaban J connectivity index is 2.33. The molecule has 1 aromatic rings. The highest BCUT2D eigenvalue weighted by Gasteiger charge is 2.30. The van der Waals surface area contributed by atoms with E-state index in [1.807, 2.05) is 0 Å². The molecule has 4 nitrogen and oxygen atoms in total. The van der Waals surface area contributed by atoms with Gasteiger partial charge in [-0.25, -0.2) is 8.42 Å². The molecule has 0 amide bonds. The number of hydrogen-bond acceptors (Lipinski definition) is 3. The second kappa shape index (κ2) is 5.69. The van der Waals surface area contributed by atoms with Gasteiger partial charge in [-0.2, -0.15) is 4.31 Å². The molecule has 0 radical (unpaired) electrons. The van der Waals surface area contributed by atoms with Gasteiger partial charge in [0, 0.05) is 19.2 Å². The topological polar surface area (TPSA) is 46.6 Å². The van der Waals surface area contributed by atoms with Crippen molar-refractivity contribution in [3.8, 4) is 5.75 Å². The summed E-state index contributed by atoms with van der Waals surface area (Å²) < 4.78 is 31.7. The van der Waals surface area contributed by atoms with Crippen LogP contribution in [0.25, 0.3) is 0 Å². The molecule has 106 valence electrons. The molecule has 19 heavy (non-hydrogen) atoms. The molecule has 0 saturated carbocycles. The molecule has 6 heteroatoms. The molecule has 1 heterocycles. The standard InChI is InChI=1S/C13H18ClNO3S/c1-10-4-3-7-15(9-10)19(16,17)13-6-5-11(18-2)8-12(13)14/h5-6,8,10H,3-4,7,9H2,1-2H3. The summed E-state index contributed by atoms with van der Waals surface area (Å²) in [5.74, 6) is 0.941. The molecule has 0 aliphatic carbocycles. The van der Waals surface area contributed by atoms with Gasteiger partial charge < -0.3 is 4.74 Å². The lowest BCUT2D eigenvalue weighted by Crippen LogP contribution is -2.39. The van der Waals surface area contributed by atoms with E-state index in [1.165, 1.54) is 23.5 Å². The van der Waals surface area contributed by atoms with Crippen LogP contribution >= 0.6 is 11.6 Å². The average Bonchev–Trinajstić information content (AvgIpc) is 2.38. The number of benzene rings is 1. The molecule has 1 aromatic carbocycles. The highest BCUT2D eigenvalue weighted by molar-refractivity contribution is 7.89. The van der Waals surface area contributed by atoms with E-state index >= 15 is 0 Å². The molecule has 1 aliphatic heterocycles. The number of hydrogen-bond donors (Lipinski definition) is 0. The second-order valence-corrected chi connectivity index (χ2v) is 7.22. The van der Waals surface area contributed by atoms with Crippen LogP contribution in [0.2, 0.25) is 5.02 Å². The lowest BCUT2D eigenvalue weighted by molar-refractivity contribution is 0.281. The third-order valence-corrected chi connectivity index (χ3v) is 5.72. The van der Waals surface area contributed by atoms with Crippen molar-refractivity contribution in [3.63, 3.8) is 0 Å². The number of halogens is 1. The van der Waals surface area contributed by atoms with Crippen molar-refractivity contribution in [3.05, 3.63) is 23.2 Å². The highest BCUT2D eigenvalue weighted by atomic mass is 35.5. The molecule has 0 spiro atoms. The summed E-state index contributed by atoms with van der Waals surface area (Å²) in [7, 11) is -1.98. The predicted octanol–water partition coefficient (Wildman–Crippen LogP) is 2.77. The maximum atomic E-state index is 12.6. The van der Waals surface area contributed by atoms with Gasteiger partial charge in [-0.1, -0.05) is 18.5 Å². The van der Waals surface area contributed by atoms with Crippen LogP contribution in [0.5, 0.6) is 5.75 Å².